The van der Waals surface area contributed by atoms with Gasteiger partial charge in [-0.3, -0.25) is 4.79 Å². The highest BCUT2D eigenvalue weighted by molar-refractivity contribution is 5.45. The molecule has 0 aromatic rings. The first-order valence-electron chi connectivity index (χ1n) is 2.98. The monoisotopic (exact) mass is 115 g/mol. The topological polar surface area (TPSA) is 29.1 Å². The average Bonchev–Trinajstić information content (AvgIpc) is 1.83. The first kappa shape index (κ1) is 7.47. The molecule has 0 rings (SSSR count). The van der Waals surface area contributed by atoms with Crippen molar-refractivity contribution < 1.29 is 4.79 Å². The van der Waals surface area contributed by atoms with Crippen molar-refractivity contribution >= 4 is 6.41 Å². The third-order valence-corrected chi connectivity index (χ3v) is 1.25. The largest absolute Gasteiger partial charge is 0.358 e. The third-order valence-electron chi connectivity index (χ3n) is 1.25. The number of hydrogen-bond donors (Lipinski definition) is 1. The Morgan fingerprint density at radius 2 is 2.38 bits per heavy atom. The van der Waals surface area contributed by atoms with Gasteiger partial charge in [0, 0.05) is 6.54 Å². The summed E-state index contributed by atoms with van der Waals surface area (Å²) in [5.74, 6) is 0.611. The minimum atomic E-state index is 0.611. The Labute approximate surface area is 50.3 Å². The lowest BCUT2D eigenvalue weighted by Gasteiger charge is -2.04. The van der Waals surface area contributed by atoms with Gasteiger partial charge in [-0.05, 0) is 5.92 Å². The van der Waals surface area contributed by atoms with E-state index in [0.717, 1.165) is 19.4 Å². The van der Waals surface area contributed by atoms with Crippen molar-refractivity contribution in [1.29, 1.82) is 0 Å². The molecule has 0 unspecified atom stereocenters. The lowest BCUT2D eigenvalue weighted by molar-refractivity contribution is -0.109. The van der Waals surface area contributed by atoms with Crippen LogP contribution >= 0.6 is 0 Å². The third kappa shape index (κ3) is 3.65. The molecule has 0 aromatic heterocycles. The van der Waals surface area contributed by atoms with Gasteiger partial charge in [0.15, 0.2) is 0 Å². The van der Waals surface area contributed by atoms with Crippen LogP contribution in [-0.2, 0) is 4.79 Å². The molecule has 0 heterocycles. The molecule has 0 bridgehead atoms. The summed E-state index contributed by atoms with van der Waals surface area (Å²) in [6.07, 6.45) is 1.87. The summed E-state index contributed by atoms with van der Waals surface area (Å²) in [6, 6.07) is 0. The highest BCUT2D eigenvalue weighted by atomic mass is 16.1. The second-order valence-corrected chi connectivity index (χ2v) is 2.04. The summed E-state index contributed by atoms with van der Waals surface area (Å²) in [4.78, 5) is 9.71. The fourth-order valence-electron chi connectivity index (χ4n) is 0.394. The van der Waals surface area contributed by atoms with Gasteiger partial charge in [0.2, 0.25) is 6.41 Å². The fourth-order valence-corrected chi connectivity index (χ4v) is 0.394. The Hall–Kier alpha value is -0.530. The zero-order valence-electron chi connectivity index (χ0n) is 5.48. The molecule has 8 heavy (non-hydrogen) atoms. The lowest BCUT2D eigenvalue weighted by atomic mass is 10.1. The maximum Gasteiger partial charge on any atom is 0.207 e. The molecule has 0 aromatic carbocycles. The molecule has 1 N–H and O–H groups in total. The summed E-state index contributed by atoms with van der Waals surface area (Å²) in [7, 11) is 0. The number of carbonyl (C=O) groups is 1. The maximum absolute atomic E-state index is 9.71. The highest BCUT2D eigenvalue weighted by Gasteiger charge is 1.93. The molecule has 0 aliphatic carbocycles. The molecule has 0 radical (unpaired) electrons. The average molecular weight is 115 g/mol. The van der Waals surface area contributed by atoms with Crippen LogP contribution in [0.4, 0.5) is 0 Å². The van der Waals surface area contributed by atoms with E-state index in [9.17, 15) is 4.79 Å². The van der Waals surface area contributed by atoms with E-state index in [1.807, 2.05) is 0 Å². The second kappa shape index (κ2) is 4.62. The van der Waals surface area contributed by atoms with Crippen molar-refractivity contribution in [3.8, 4) is 0 Å². The van der Waals surface area contributed by atoms with Crippen molar-refractivity contribution in [1.82, 2.24) is 5.32 Å². The van der Waals surface area contributed by atoms with Crippen molar-refractivity contribution in [2.24, 2.45) is 5.92 Å². The molecule has 1 amide bonds. The van der Waals surface area contributed by atoms with E-state index < -0.39 is 0 Å². The van der Waals surface area contributed by atoms with Crippen LogP contribution in [0.5, 0.6) is 0 Å². The van der Waals surface area contributed by atoms with E-state index >= 15 is 0 Å². The van der Waals surface area contributed by atoms with Gasteiger partial charge in [-0.2, -0.15) is 0 Å². The number of rotatable bonds is 4. The van der Waals surface area contributed by atoms with Gasteiger partial charge in [-0.25, -0.2) is 0 Å². The van der Waals surface area contributed by atoms with Crippen LogP contribution in [0.1, 0.15) is 20.3 Å². The quantitative estimate of drug-likeness (QED) is 0.539. The van der Waals surface area contributed by atoms with Crippen molar-refractivity contribution in [3.63, 3.8) is 0 Å². The first-order valence-corrected chi connectivity index (χ1v) is 2.98. The first-order chi connectivity index (χ1) is 3.81. The van der Waals surface area contributed by atoms with Gasteiger partial charge in [0.05, 0.1) is 0 Å². The Morgan fingerprint density at radius 3 is 2.75 bits per heavy atom. The summed E-state index contributed by atoms with van der Waals surface area (Å²) in [5.41, 5.74) is 0. The van der Waals surface area contributed by atoms with E-state index in [0.29, 0.717) is 5.92 Å². The van der Waals surface area contributed by atoms with Crippen LogP contribution in [0, 0.1) is 5.92 Å². The maximum atomic E-state index is 9.71. The normalized spacial score (nSPS) is 12.8. The van der Waals surface area contributed by atoms with Crippen molar-refractivity contribution in [3.05, 3.63) is 0 Å². The van der Waals surface area contributed by atoms with E-state index in [1.54, 1.807) is 0 Å². The second-order valence-electron chi connectivity index (χ2n) is 2.04. The van der Waals surface area contributed by atoms with Gasteiger partial charge in [0.1, 0.15) is 0 Å². The SMILES string of the molecule is CC[C@@H](C)CNC=O. The Morgan fingerprint density at radius 1 is 1.75 bits per heavy atom. The van der Waals surface area contributed by atoms with Gasteiger partial charge in [-0.15, -0.1) is 0 Å². The molecule has 0 aliphatic heterocycles. The summed E-state index contributed by atoms with van der Waals surface area (Å²) in [5, 5.41) is 2.62. The number of nitrogens with one attached hydrogen (secondary N) is 1. The molecular weight excluding hydrogens is 102 g/mol. The summed E-state index contributed by atoms with van der Waals surface area (Å²) in [6.45, 7) is 5.02. The van der Waals surface area contributed by atoms with Crippen LogP contribution in [0.15, 0.2) is 0 Å². The number of amides is 1. The van der Waals surface area contributed by atoms with Gasteiger partial charge in [0.25, 0.3) is 0 Å². The van der Waals surface area contributed by atoms with Crippen LogP contribution in [0.25, 0.3) is 0 Å². The van der Waals surface area contributed by atoms with Crippen LogP contribution < -0.4 is 5.32 Å². The molecule has 48 valence electrons. The molecular formula is C6H13NO. The molecule has 2 nitrogen and oxygen atoms in total. The molecule has 2 heteroatoms. The number of hydrogen-bond acceptors (Lipinski definition) is 1. The zero-order valence-corrected chi connectivity index (χ0v) is 5.48. The van der Waals surface area contributed by atoms with E-state index in [4.69, 9.17) is 0 Å². The van der Waals surface area contributed by atoms with Crippen LogP contribution in [0.3, 0.4) is 0 Å². The smallest absolute Gasteiger partial charge is 0.207 e. The highest BCUT2D eigenvalue weighted by Crippen LogP contribution is 1.95. The van der Waals surface area contributed by atoms with E-state index in [2.05, 4.69) is 19.2 Å². The minimum Gasteiger partial charge on any atom is -0.358 e. The van der Waals surface area contributed by atoms with Crippen molar-refractivity contribution in [2.75, 3.05) is 6.54 Å². The van der Waals surface area contributed by atoms with Gasteiger partial charge >= 0.3 is 0 Å². The van der Waals surface area contributed by atoms with E-state index in [-0.39, 0.29) is 0 Å². The summed E-state index contributed by atoms with van der Waals surface area (Å²) >= 11 is 0. The van der Waals surface area contributed by atoms with Gasteiger partial charge < -0.3 is 5.32 Å². The molecule has 0 aliphatic rings. The molecule has 1 atom stereocenters. The Balaban J connectivity index is 2.97. The molecule has 0 saturated heterocycles. The van der Waals surface area contributed by atoms with Crippen molar-refractivity contribution in [2.45, 2.75) is 20.3 Å². The Bertz CT molecular complexity index is 63.5. The predicted molar refractivity (Wildman–Crippen MR) is 33.5 cm³/mol. The van der Waals surface area contributed by atoms with E-state index in [1.165, 1.54) is 0 Å². The standard InChI is InChI=1S/C6H13NO/c1-3-6(2)4-7-5-8/h5-6H,3-4H2,1-2H3,(H,7,8)/t6-/m1/s1. The molecule has 0 saturated carbocycles. The molecule has 0 fully saturated rings. The predicted octanol–water partition coefficient (Wildman–Crippen LogP) is 0.778. The number of carbonyl (C=O) groups excluding carboxylic acids is 1. The zero-order chi connectivity index (χ0) is 6.41. The van der Waals surface area contributed by atoms with Crippen LogP contribution in [-0.4, -0.2) is 13.0 Å². The lowest BCUT2D eigenvalue weighted by Crippen LogP contribution is -2.18. The van der Waals surface area contributed by atoms with Gasteiger partial charge in [-0.1, -0.05) is 20.3 Å². The summed E-state index contributed by atoms with van der Waals surface area (Å²) < 4.78 is 0. The van der Waals surface area contributed by atoms with Crippen LogP contribution in [0.2, 0.25) is 0 Å². The molecule has 0 spiro atoms. The Kier molecular flexibility index (Phi) is 4.32. The minimum absolute atomic E-state index is 0.611. The fraction of sp³-hybridized carbons (Fsp3) is 0.833.